The molecule has 0 aromatic carbocycles. The largest absolute Gasteiger partial charge is 0.481 e. The molecule has 32 heavy (non-hydrogen) atoms. The molecule has 4 atom stereocenters. The molecule has 0 aromatic rings. The minimum atomic E-state index is -1.71. The Bertz CT molecular complexity index is 708. The molecule has 0 saturated heterocycles. The lowest BCUT2D eigenvalue weighted by atomic mass is 10.1. The van der Waals surface area contributed by atoms with Gasteiger partial charge in [0.05, 0.1) is 12.5 Å². The smallest absolute Gasteiger partial charge is 0.326 e. The predicted octanol–water partition coefficient (Wildman–Crippen LogP) is -2.12. The van der Waals surface area contributed by atoms with Gasteiger partial charge in [0.15, 0.2) is 0 Å². The van der Waals surface area contributed by atoms with Crippen LogP contribution in [0, 0.1) is 0 Å². The highest BCUT2D eigenvalue weighted by Crippen LogP contribution is 2.04. The number of nitrogens with two attached hydrogens (primary N) is 1. The Morgan fingerprint density at radius 3 is 1.84 bits per heavy atom. The molecule has 0 rings (SSSR count). The van der Waals surface area contributed by atoms with Gasteiger partial charge in [-0.2, -0.15) is 24.4 Å². The second kappa shape index (κ2) is 15.3. The third-order valence-electron chi connectivity index (χ3n) is 4.06. The Labute approximate surface area is 193 Å². The van der Waals surface area contributed by atoms with Crippen LogP contribution in [-0.2, 0) is 28.8 Å². The molecule has 0 radical (unpaired) electrons. The summed E-state index contributed by atoms with van der Waals surface area (Å²) in [7, 11) is 0. The van der Waals surface area contributed by atoms with Crippen molar-refractivity contribution in [2.75, 3.05) is 17.8 Å². The van der Waals surface area contributed by atoms with Gasteiger partial charge in [0.25, 0.3) is 0 Å². The zero-order valence-electron chi connectivity index (χ0n) is 17.3. The molecule has 0 aromatic heterocycles. The second-order valence-electron chi connectivity index (χ2n) is 6.62. The molecular formula is C17H28N4O9S2. The van der Waals surface area contributed by atoms with E-state index in [1.807, 2.05) is 5.32 Å². The molecule has 0 aliphatic heterocycles. The van der Waals surface area contributed by atoms with Crippen LogP contribution in [0.4, 0.5) is 0 Å². The number of nitrogens with one attached hydrogen (secondary N) is 3. The van der Waals surface area contributed by atoms with Gasteiger partial charge >= 0.3 is 17.9 Å². The number of amides is 3. The summed E-state index contributed by atoms with van der Waals surface area (Å²) in [5.74, 6) is -6.39. The van der Waals surface area contributed by atoms with Crippen molar-refractivity contribution in [1.29, 1.82) is 0 Å². The second-order valence-corrected chi connectivity index (χ2v) is 7.97. The van der Waals surface area contributed by atoms with Crippen molar-refractivity contribution in [3.8, 4) is 0 Å². The molecule has 8 N–H and O–H groups in total. The SMILES string of the molecule is CSCCC(NC(=O)C(N)CCC(=O)O)C(=O)NC(CS)C(=O)NC(CC(=O)O)C(=O)O. The van der Waals surface area contributed by atoms with E-state index in [2.05, 4.69) is 23.3 Å². The Balaban J connectivity index is 5.19. The monoisotopic (exact) mass is 496 g/mol. The van der Waals surface area contributed by atoms with Crippen molar-refractivity contribution >= 4 is 60.0 Å². The molecular weight excluding hydrogens is 468 g/mol. The summed E-state index contributed by atoms with van der Waals surface area (Å²) in [6.45, 7) is 0. The van der Waals surface area contributed by atoms with Gasteiger partial charge in [-0.05, 0) is 24.9 Å². The lowest BCUT2D eigenvalue weighted by Crippen LogP contribution is -2.58. The van der Waals surface area contributed by atoms with Gasteiger partial charge in [-0.25, -0.2) is 4.79 Å². The van der Waals surface area contributed by atoms with Crippen molar-refractivity contribution in [2.24, 2.45) is 5.73 Å². The number of carbonyl (C=O) groups excluding carboxylic acids is 3. The number of thioether (sulfide) groups is 1. The lowest BCUT2D eigenvalue weighted by molar-refractivity contribution is -0.147. The third kappa shape index (κ3) is 11.8. The topological polar surface area (TPSA) is 225 Å². The molecule has 15 heteroatoms. The quantitative estimate of drug-likeness (QED) is 0.108. The zero-order valence-corrected chi connectivity index (χ0v) is 19.0. The fourth-order valence-electron chi connectivity index (χ4n) is 2.31. The van der Waals surface area contributed by atoms with Gasteiger partial charge in [-0.3, -0.25) is 24.0 Å². The first kappa shape index (κ1) is 29.5. The van der Waals surface area contributed by atoms with Gasteiger partial charge in [-0.1, -0.05) is 0 Å². The number of hydrogen-bond donors (Lipinski definition) is 8. The summed E-state index contributed by atoms with van der Waals surface area (Å²) in [6, 6.07) is -5.28. The van der Waals surface area contributed by atoms with E-state index in [1.165, 1.54) is 11.8 Å². The maximum Gasteiger partial charge on any atom is 0.326 e. The van der Waals surface area contributed by atoms with E-state index >= 15 is 0 Å². The highest BCUT2D eigenvalue weighted by Gasteiger charge is 2.30. The van der Waals surface area contributed by atoms with E-state index in [4.69, 9.17) is 21.1 Å². The van der Waals surface area contributed by atoms with E-state index in [9.17, 15) is 28.8 Å². The maximum atomic E-state index is 12.7. The van der Waals surface area contributed by atoms with Crippen molar-refractivity contribution in [3.63, 3.8) is 0 Å². The molecule has 0 saturated carbocycles. The third-order valence-corrected chi connectivity index (χ3v) is 5.07. The number of rotatable bonds is 16. The standard InChI is InChI=1S/C17H28N4O9S2/c1-32-5-4-9(19-14(26)8(18)2-3-12(22)23)15(27)21-11(7-31)16(28)20-10(17(29)30)6-13(24)25/h8-11,31H,2-7,18H2,1H3,(H,19,26)(H,20,28)(H,21,27)(H,22,23)(H,24,25)(H,29,30). The Kier molecular flexibility index (Phi) is 14.1. The van der Waals surface area contributed by atoms with Gasteiger partial charge < -0.3 is 37.0 Å². The van der Waals surface area contributed by atoms with Crippen LogP contribution in [0.25, 0.3) is 0 Å². The Morgan fingerprint density at radius 2 is 1.38 bits per heavy atom. The van der Waals surface area contributed by atoms with E-state index in [0.717, 1.165) is 0 Å². The highest BCUT2D eigenvalue weighted by molar-refractivity contribution is 7.98. The number of carboxylic acids is 3. The van der Waals surface area contributed by atoms with Crippen molar-refractivity contribution in [1.82, 2.24) is 16.0 Å². The van der Waals surface area contributed by atoms with Crippen LogP contribution in [0.3, 0.4) is 0 Å². The predicted molar refractivity (Wildman–Crippen MR) is 117 cm³/mol. The first-order valence-corrected chi connectivity index (χ1v) is 11.4. The summed E-state index contributed by atoms with van der Waals surface area (Å²) in [6.07, 6.45) is 0.601. The number of carboxylic acid groups (broad SMARTS) is 3. The summed E-state index contributed by atoms with van der Waals surface area (Å²) in [5.41, 5.74) is 5.65. The molecule has 0 spiro atoms. The minimum absolute atomic E-state index is 0.139. The molecule has 0 heterocycles. The molecule has 0 aliphatic rings. The molecule has 3 amide bonds. The molecule has 4 unspecified atom stereocenters. The number of thiol groups is 1. The maximum absolute atomic E-state index is 12.7. The van der Waals surface area contributed by atoms with Crippen LogP contribution in [0.1, 0.15) is 25.7 Å². The summed E-state index contributed by atoms with van der Waals surface area (Å²) in [4.78, 5) is 69.7. The van der Waals surface area contributed by atoms with E-state index < -0.39 is 66.2 Å². The first-order chi connectivity index (χ1) is 14.9. The normalized spacial score (nSPS) is 14.3. The summed E-state index contributed by atoms with van der Waals surface area (Å²) < 4.78 is 0. The Morgan fingerprint density at radius 1 is 0.844 bits per heavy atom. The average molecular weight is 497 g/mol. The average Bonchev–Trinajstić information content (AvgIpc) is 2.71. The van der Waals surface area contributed by atoms with Gasteiger partial charge in [0.2, 0.25) is 17.7 Å². The molecule has 13 nitrogen and oxygen atoms in total. The van der Waals surface area contributed by atoms with Crippen molar-refractivity contribution in [2.45, 2.75) is 49.9 Å². The zero-order chi connectivity index (χ0) is 24.8. The molecule has 0 bridgehead atoms. The van der Waals surface area contributed by atoms with Gasteiger partial charge in [0, 0.05) is 12.2 Å². The van der Waals surface area contributed by atoms with Crippen LogP contribution in [0.2, 0.25) is 0 Å². The summed E-state index contributed by atoms with van der Waals surface area (Å²) in [5, 5.41) is 33.3. The van der Waals surface area contributed by atoms with Crippen LogP contribution in [0.5, 0.6) is 0 Å². The minimum Gasteiger partial charge on any atom is -0.481 e. The van der Waals surface area contributed by atoms with E-state index in [1.54, 1.807) is 6.26 Å². The van der Waals surface area contributed by atoms with Crippen LogP contribution in [0.15, 0.2) is 0 Å². The van der Waals surface area contributed by atoms with Crippen molar-refractivity contribution < 1.29 is 44.1 Å². The molecule has 182 valence electrons. The van der Waals surface area contributed by atoms with Crippen molar-refractivity contribution in [3.05, 3.63) is 0 Å². The fraction of sp³-hybridized carbons (Fsp3) is 0.647. The Hall–Kier alpha value is -2.52. The number of hydrogen-bond acceptors (Lipinski definition) is 9. The lowest BCUT2D eigenvalue weighted by Gasteiger charge is -2.24. The molecule has 0 fully saturated rings. The molecule has 0 aliphatic carbocycles. The van der Waals surface area contributed by atoms with E-state index in [0.29, 0.717) is 5.75 Å². The van der Waals surface area contributed by atoms with Crippen LogP contribution >= 0.6 is 24.4 Å². The highest BCUT2D eigenvalue weighted by atomic mass is 32.2. The van der Waals surface area contributed by atoms with Gasteiger partial charge in [0.1, 0.15) is 18.1 Å². The first-order valence-electron chi connectivity index (χ1n) is 9.35. The summed E-state index contributed by atoms with van der Waals surface area (Å²) >= 11 is 5.35. The van der Waals surface area contributed by atoms with Crippen LogP contribution < -0.4 is 21.7 Å². The van der Waals surface area contributed by atoms with Crippen LogP contribution in [-0.4, -0.2) is 92.9 Å². The fourth-order valence-corrected chi connectivity index (χ4v) is 3.04. The number of aliphatic carboxylic acids is 3. The van der Waals surface area contributed by atoms with E-state index in [-0.39, 0.29) is 25.0 Å². The van der Waals surface area contributed by atoms with Gasteiger partial charge in [-0.15, -0.1) is 0 Å². The number of carbonyl (C=O) groups is 6.